The highest BCUT2D eigenvalue weighted by atomic mass is 16.5. The number of phenolic OH excluding ortho intramolecular Hbond substituents is 1. The van der Waals surface area contributed by atoms with Crippen molar-refractivity contribution in [2.75, 3.05) is 20.2 Å². The number of hydrogen-bond donors (Lipinski definition) is 8. The van der Waals surface area contributed by atoms with Gasteiger partial charge in [0.2, 0.25) is 0 Å². The minimum atomic E-state index is -1.29. The number of aromatic hydroxyl groups is 1. The Morgan fingerprint density at radius 1 is 0.904 bits per heavy atom. The van der Waals surface area contributed by atoms with Crippen LogP contribution in [0.5, 0.6) is 11.5 Å². The van der Waals surface area contributed by atoms with Crippen LogP contribution >= 0.6 is 0 Å². The number of nitrogens with one attached hydrogen (secondary N) is 3. The van der Waals surface area contributed by atoms with Gasteiger partial charge in [0, 0.05) is 66.9 Å². The van der Waals surface area contributed by atoms with Gasteiger partial charge in [-0.25, -0.2) is 0 Å². The molecule has 3 aromatic carbocycles. The summed E-state index contributed by atoms with van der Waals surface area (Å²) in [6.07, 6.45) is 13.9. The minimum Gasteiger partial charge on any atom is -0.504 e. The monoisotopic (exact) mass is 985 g/mol. The lowest BCUT2D eigenvalue weighted by atomic mass is 9.40. The van der Waals surface area contributed by atoms with Gasteiger partial charge >= 0.3 is 0 Å². The summed E-state index contributed by atoms with van der Waals surface area (Å²) in [5, 5.41) is 57.7. The quantitative estimate of drug-likeness (QED) is 0.0762. The van der Waals surface area contributed by atoms with E-state index in [1.165, 1.54) is 49.6 Å². The van der Waals surface area contributed by atoms with Crippen molar-refractivity contribution in [2.45, 2.75) is 144 Å². The molecule has 2 spiro atoms. The summed E-state index contributed by atoms with van der Waals surface area (Å²) in [5.74, 6) is 10.2. The maximum atomic E-state index is 14.9. The summed E-state index contributed by atoms with van der Waals surface area (Å²) >= 11 is 0. The highest BCUT2D eigenvalue weighted by molar-refractivity contribution is 5.89. The number of carbonyl (C=O) groups is 2. The number of Topliss-reactive ketones (excluding diaryl/α,β-unsaturated/α-hetero) is 2. The number of aliphatic hydroxyl groups is 3. The Labute approximate surface area is 428 Å². The van der Waals surface area contributed by atoms with E-state index in [9.17, 15) is 30.0 Å². The fraction of sp³-hybridized carbons (Fsp3) is 0.548. The standard InChI is InChI=1S/C62H72N4O7/c1-73-52-24-36-11-13-53(71)62(19-14-37(43(36)29-51(52)70)23-49(68)50(69)28-42(38-16-21-64-55(63)26-38)35-9-8-33-6-2-3-7-34(33)22-35)20-15-39(25-54(62)72)45-27-44-57-46(61(45)17-4-5-18-61)32-65-47-30-48(67)41-12-10-40-31-66-60(44)56(40)58(41)59(47)57/h2-3,6-9,16,22,24,26,29,31,37,39,41-42,44-47,49-50,54,57-59,64-66,68-70,72H,4-5,10-13,15,17-18,20-21,23,25,27-28,30,32,63H2,1H3/t37-,39-,41+,42+,44-,45-,46-,47-,49+,50-,54-,57-,58+,59+,62+/m1/s1. The average molecular weight is 985 g/mol. The van der Waals surface area contributed by atoms with Crippen LogP contribution in [0.25, 0.3) is 10.8 Å². The first-order valence-electron chi connectivity index (χ1n) is 27.8. The van der Waals surface area contributed by atoms with Crippen molar-refractivity contribution in [2.24, 2.45) is 52.1 Å². The van der Waals surface area contributed by atoms with Crippen molar-refractivity contribution in [3.63, 3.8) is 0 Å². The summed E-state index contributed by atoms with van der Waals surface area (Å²) in [6.45, 7) is 1.50. The number of aryl methyl sites for hydroxylation is 2. The second-order valence-electron chi connectivity index (χ2n) is 24.1. The Bertz CT molecular complexity index is 2990. The lowest BCUT2D eigenvalue weighted by Gasteiger charge is -2.66. The van der Waals surface area contributed by atoms with E-state index in [-0.39, 0.29) is 65.8 Å². The molecule has 13 rings (SSSR count). The zero-order chi connectivity index (χ0) is 49.9. The van der Waals surface area contributed by atoms with E-state index in [1.54, 1.807) is 12.1 Å². The predicted octanol–water partition coefficient (Wildman–Crippen LogP) is 8.06. The number of aromatic nitrogens is 1. The Morgan fingerprint density at radius 3 is 2.55 bits per heavy atom. The second-order valence-corrected chi connectivity index (χ2v) is 24.1. The van der Waals surface area contributed by atoms with E-state index in [0.717, 1.165) is 59.7 Å². The van der Waals surface area contributed by atoms with Gasteiger partial charge in [0.1, 0.15) is 11.2 Å². The van der Waals surface area contributed by atoms with Gasteiger partial charge < -0.3 is 46.5 Å². The van der Waals surface area contributed by atoms with Crippen LogP contribution < -0.4 is 21.1 Å². The highest BCUT2D eigenvalue weighted by Crippen LogP contribution is 2.71. The van der Waals surface area contributed by atoms with Gasteiger partial charge in [0.25, 0.3) is 0 Å². The van der Waals surface area contributed by atoms with Gasteiger partial charge in [-0.05, 0) is 175 Å². The number of piperidine rings is 1. The molecule has 7 aliphatic carbocycles. The first-order valence-corrected chi connectivity index (χ1v) is 27.8. The number of aliphatic hydroxyl groups excluding tert-OH is 3. The molecule has 9 aliphatic rings. The summed E-state index contributed by atoms with van der Waals surface area (Å²) < 4.78 is 5.58. The fourth-order valence-corrected chi connectivity index (χ4v) is 17.8. The molecule has 382 valence electrons. The molecule has 3 heterocycles. The number of H-pyrrole nitrogens is 1. The van der Waals surface area contributed by atoms with E-state index < -0.39 is 29.6 Å². The van der Waals surface area contributed by atoms with Crippen molar-refractivity contribution in [3.8, 4) is 23.3 Å². The molecule has 11 nitrogen and oxygen atoms in total. The van der Waals surface area contributed by atoms with Crippen molar-refractivity contribution < 1.29 is 34.8 Å². The van der Waals surface area contributed by atoms with Crippen LogP contribution in [0.4, 0.5) is 0 Å². The zero-order valence-electron chi connectivity index (χ0n) is 42.1. The zero-order valence-corrected chi connectivity index (χ0v) is 42.1. The van der Waals surface area contributed by atoms with E-state index in [4.69, 9.17) is 10.5 Å². The number of fused-ring (bicyclic) bond motifs is 4. The number of carbonyl (C=O) groups excluding carboxylic acids is 2. The van der Waals surface area contributed by atoms with Crippen molar-refractivity contribution in [3.05, 3.63) is 118 Å². The van der Waals surface area contributed by atoms with E-state index in [0.29, 0.717) is 84.9 Å². The molecule has 2 aliphatic heterocycles. The van der Waals surface area contributed by atoms with Crippen molar-refractivity contribution >= 4 is 22.3 Å². The molecule has 4 saturated carbocycles. The molecule has 0 amide bonds. The first-order chi connectivity index (χ1) is 35.4. The summed E-state index contributed by atoms with van der Waals surface area (Å²) in [7, 11) is 1.50. The third kappa shape index (κ3) is 7.58. The second kappa shape index (κ2) is 18.2. The highest BCUT2D eigenvalue weighted by Gasteiger charge is 2.67. The number of rotatable bonds is 9. The molecule has 9 N–H and O–H groups in total. The van der Waals surface area contributed by atoms with Crippen LogP contribution in [0.1, 0.15) is 141 Å². The van der Waals surface area contributed by atoms with Crippen molar-refractivity contribution in [1.82, 2.24) is 15.6 Å². The molecule has 73 heavy (non-hydrogen) atoms. The number of nitrogens with two attached hydrogens (primary N) is 1. The van der Waals surface area contributed by atoms with Gasteiger partial charge in [0.05, 0.1) is 31.2 Å². The molecule has 1 aromatic heterocycles. The number of hydrogen-bond acceptors (Lipinski definition) is 10. The maximum Gasteiger partial charge on any atom is 0.160 e. The van der Waals surface area contributed by atoms with Gasteiger partial charge in [-0.1, -0.05) is 73.2 Å². The molecule has 4 aromatic rings. The molecule has 1 saturated heterocycles. The number of allylic oxidation sites excluding steroid dienone is 2. The summed E-state index contributed by atoms with van der Waals surface area (Å²) in [6, 6.07) is 18.2. The van der Waals surface area contributed by atoms with Crippen LogP contribution in [0, 0.1) is 58.2 Å². The normalized spacial score (nSPS) is 34.9. The molecule has 15 atom stereocenters. The van der Waals surface area contributed by atoms with Crippen molar-refractivity contribution in [1.29, 1.82) is 0 Å². The third-order valence-electron chi connectivity index (χ3n) is 21.0. The van der Waals surface area contributed by atoms with Gasteiger partial charge in [-0.2, -0.15) is 0 Å². The largest absolute Gasteiger partial charge is 0.504 e. The Kier molecular flexibility index (Phi) is 11.8. The van der Waals surface area contributed by atoms with Crippen LogP contribution in [0.15, 0.2) is 84.3 Å². The molecule has 0 bridgehead atoms. The van der Waals surface area contributed by atoms with E-state index in [2.05, 4.69) is 70.1 Å². The number of dihydropyridines is 1. The molecular formula is C62H72N4O7. The SMILES string of the molecule is COc1cc2c(cc1O)[C@@H](C[C@H](O)[C@H](O)C[C@H](C1=CCNC(N)=C1)c1ccc3ccccc3c1)C#C[C@]1(CC[C@@H]([C@H]3C[C@H]4c5[nH]cc6c5[C@H]5[C@@H]7[C@H]4[C@@H](CN[C@@H]7CC(=O)[C@@H]5CC6)C34CCCC4)C[C@H]1O)C(=O)CC2. The molecule has 5 fully saturated rings. The van der Waals surface area contributed by atoms with Crippen LogP contribution in [-0.2, 0) is 22.4 Å². The molecule has 11 heteroatoms. The summed E-state index contributed by atoms with van der Waals surface area (Å²) in [4.78, 5) is 32.6. The number of ketones is 2. The topological polar surface area (TPSA) is 190 Å². The fourth-order valence-electron chi connectivity index (χ4n) is 17.8. The van der Waals surface area contributed by atoms with Crippen LogP contribution in [0.2, 0.25) is 0 Å². The molecular weight excluding hydrogens is 913 g/mol. The van der Waals surface area contributed by atoms with Gasteiger partial charge in [-0.15, -0.1) is 0 Å². The average Bonchev–Trinajstić information content (AvgIpc) is 4.09. The Morgan fingerprint density at radius 2 is 1.74 bits per heavy atom. The number of phenols is 1. The number of benzene rings is 3. The lowest BCUT2D eigenvalue weighted by molar-refractivity contribution is -0.149. The lowest BCUT2D eigenvalue weighted by Crippen LogP contribution is -2.67. The first kappa shape index (κ1) is 47.3. The Balaban J connectivity index is 0.807. The number of aromatic amines is 1. The maximum absolute atomic E-state index is 14.9. The van der Waals surface area contributed by atoms with Crippen LogP contribution in [0.3, 0.4) is 0 Å². The van der Waals surface area contributed by atoms with E-state index >= 15 is 0 Å². The molecule has 0 radical (unpaired) electrons. The smallest absolute Gasteiger partial charge is 0.160 e. The van der Waals surface area contributed by atoms with Gasteiger partial charge in [0.15, 0.2) is 17.3 Å². The Hall–Kier alpha value is -5.38. The summed E-state index contributed by atoms with van der Waals surface area (Å²) in [5.41, 5.74) is 12.9. The minimum absolute atomic E-state index is 0.0432. The molecule has 0 unspecified atom stereocenters. The van der Waals surface area contributed by atoms with E-state index in [1.807, 2.05) is 18.2 Å². The van der Waals surface area contributed by atoms with Crippen LogP contribution in [-0.4, -0.2) is 81.5 Å². The number of ether oxygens (including phenoxy) is 1. The van der Waals surface area contributed by atoms with Gasteiger partial charge in [-0.3, -0.25) is 9.59 Å². The predicted molar refractivity (Wildman–Crippen MR) is 280 cm³/mol. The number of methoxy groups -OCH3 is 1. The third-order valence-corrected chi connectivity index (χ3v) is 21.0.